The summed E-state index contributed by atoms with van der Waals surface area (Å²) in [6.45, 7) is 2.18. The van der Waals surface area contributed by atoms with Gasteiger partial charge in [-0.05, 0) is 44.1 Å². The van der Waals surface area contributed by atoms with Gasteiger partial charge >= 0.3 is 6.18 Å². The molecule has 1 aromatic heterocycles. The van der Waals surface area contributed by atoms with Gasteiger partial charge in [0, 0.05) is 30.6 Å². The van der Waals surface area contributed by atoms with E-state index in [1.807, 2.05) is 14.0 Å². The van der Waals surface area contributed by atoms with Gasteiger partial charge in [0.1, 0.15) is 23.6 Å². The van der Waals surface area contributed by atoms with Crippen LogP contribution in [0.5, 0.6) is 5.75 Å². The van der Waals surface area contributed by atoms with Gasteiger partial charge in [-0.15, -0.1) is 0 Å². The smallest absolute Gasteiger partial charge is 0.406 e. The number of nitrogens with one attached hydrogen (secondary N) is 3. The average molecular weight is 651 g/mol. The van der Waals surface area contributed by atoms with Crippen molar-refractivity contribution in [1.29, 1.82) is 0 Å². The largest absolute Gasteiger partial charge is 0.495 e. The standard InChI is InChI=1S/C31H32F6N6O3/c1-17-14-42(2)8-6-22(17)40-29(45)20-9-18(10-24-27(20)39-16-43(24)15-31(35,36)37)5-4-7-38-23-12-21(32)19(11-25(23)46-3)28(44)41-26-13-30(26,33)34/h9-12,16-17,22,26,38H,6-8,13-15H2,1-3H3,(H,40,45)(H,41,44)/t17-,22-,26?/m0/s1. The molecule has 3 atom stereocenters. The van der Waals surface area contributed by atoms with Crippen LogP contribution in [0, 0.1) is 23.6 Å². The van der Waals surface area contributed by atoms with E-state index in [0.29, 0.717) is 6.42 Å². The fourth-order valence-electron chi connectivity index (χ4n) is 5.47. The Morgan fingerprint density at radius 3 is 2.50 bits per heavy atom. The third-order valence-electron chi connectivity index (χ3n) is 8.01. The molecule has 3 N–H and O–H groups in total. The molecule has 15 heteroatoms. The van der Waals surface area contributed by atoms with Gasteiger partial charge in [-0.2, -0.15) is 13.2 Å². The Morgan fingerprint density at radius 1 is 1.13 bits per heavy atom. The number of ether oxygens (including phenoxy) is 1. The van der Waals surface area contributed by atoms with Crippen LogP contribution in [0.2, 0.25) is 0 Å². The Morgan fingerprint density at radius 2 is 1.85 bits per heavy atom. The first-order chi connectivity index (χ1) is 21.6. The van der Waals surface area contributed by atoms with Crippen molar-refractivity contribution in [3.8, 4) is 17.6 Å². The van der Waals surface area contributed by atoms with Gasteiger partial charge in [0.25, 0.3) is 17.7 Å². The van der Waals surface area contributed by atoms with Crippen molar-refractivity contribution >= 4 is 28.5 Å². The third-order valence-corrected chi connectivity index (χ3v) is 8.01. The average Bonchev–Trinajstić information content (AvgIpc) is 3.38. The van der Waals surface area contributed by atoms with Crippen LogP contribution < -0.4 is 20.7 Å². The van der Waals surface area contributed by atoms with Gasteiger partial charge in [0.05, 0.1) is 48.4 Å². The fraction of sp³-hybridized carbons (Fsp3) is 0.452. The molecule has 0 radical (unpaired) electrons. The minimum atomic E-state index is -4.53. The predicted octanol–water partition coefficient (Wildman–Crippen LogP) is 4.42. The second-order valence-electron chi connectivity index (χ2n) is 11.7. The lowest BCUT2D eigenvalue weighted by atomic mass is 9.93. The summed E-state index contributed by atoms with van der Waals surface area (Å²) in [7, 11) is 3.27. The number of imidazole rings is 1. The number of carbonyl (C=O) groups is 2. The molecule has 2 fully saturated rings. The maximum Gasteiger partial charge on any atom is 0.406 e. The van der Waals surface area contributed by atoms with E-state index < -0.39 is 54.3 Å². The van der Waals surface area contributed by atoms with Gasteiger partial charge < -0.3 is 30.2 Å². The van der Waals surface area contributed by atoms with Crippen molar-refractivity contribution in [2.75, 3.05) is 39.1 Å². The van der Waals surface area contributed by atoms with Crippen molar-refractivity contribution in [3.63, 3.8) is 0 Å². The number of rotatable bonds is 8. The molecular weight excluding hydrogens is 618 g/mol. The van der Waals surface area contributed by atoms with E-state index in [1.165, 1.54) is 19.2 Å². The van der Waals surface area contributed by atoms with E-state index in [0.717, 1.165) is 36.1 Å². The summed E-state index contributed by atoms with van der Waals surface area (Å²) < 4.78 is 87.1. The number of anilines is 1. The molecule has 46 heavy (non-hydrogen) atoms. The third kappa shape index (κ3) is 7.50. The molecular formula is C31H32F6N6O3. The summed E-state index contributed by atoms with van der Waals surface area (Å²) in [6, 6.07) is 3.44. The van der Waals surface area contributed by atoms with E-state index in [4.69, 9.17) is 4.74 Å². The minimum absolute atomic E-state index is 0.0514. The van der Waals surface area contributed by atoms with E-state index in [1.54, 1.807) is 0 Å². The molecule has 1 aliphatic heterocycles. The van der Waals surface area contributed by atoms with E-state index >= 15 is 0 Å². The van der Waals surface area contributed by atoms with Crippen LogP contribution in [0.3, 0.4) is 0 Å². The molecule has 1 unspecified atom stereocenters. The summed E-state index contributed by atoms with van der Waals surface area (Å²) in [5.74, 6) is 0.357. The zero-order valence-corrected chi connectivity index (χ0v) is 25.2. The number of aromatic nitrogens is 2. The van der Waals surface area contributed by atoms with Crippen LogP contribution in [0.4, 0.5) is 32.0 Å². The Hall–Kier alpha value is -4.45. The van der Waals surface area contributed by atoms with Crippen LogP contribution in [0.15, 0.2) is 30.6 Å². The SMILES string of the molecule is COc1cc(C(=O)NC2CC2(F)F)c(F)cc1NCC#Cc1cc(C(=O)N[C@H]2CCN(C)C[C@@H]2C)c2ncn(CC(F)(F)F)c2c1. The second-order valence-corrected chi connectivity index (χ2v) is 11.7. The number of benzene rings is 2. The molecule has 2 aliphatic rings. The normalized spacial score (nSPS) is 20.8. The number of amides is 2. The lowest BCUT2D eigenvalue weighted by molar-refractivity contribution is -0.140. The second kappa shape index (κ2) is 12.7. The van der Waals surface area contributed by atoms with Gasteiger partial charge in [-0.1, -0.05) is 18.8 Å². The highest BCUT2D eigenvalue weighted by Crippen LogP contribution is 2.42. The highest BCUT2D eigenvalue weighted by molar-refractivity contribution is 6.05. The van der Waals surface area contributed by atoms with E-state index in [2.05, 4.69) is 37.7 Å². The molecule has 9 nitrogen and oxygen atoms in total. The van der Waals surface area contributed by atoms with Crippen LogP contribution in [0.25, 0.3) is 11.0 Å². The number of methoxy groups -OCH3 is 1. The predicted molar refractivity (Wildman–Crippen MR) is 157 cm³/mol. The van der Waals surface area contributed by atoms with Gasteiger partial charge in [0.2, 0.25) is 0 Å². The van der Waals surface area contributed by atoms with Crippen LogP contribution in [-0.4, -0.2) is 84.2 Å². The van der Waals surface area contributed by atoms with E-state index in [-0.39, 0.29) is 52.1 Å². The summed E-state index contributed by atoms with van der Waals surface area (Å²) >= 11 is 0. The molecule has 2 heterocycles. The molecule has 2 aromatic carbocycles. The lowest BCUT2D eigenvalue weighted by Gasteiger charge is -2.35. The highest BCUT2D eigenvalue weighted by Gasteiger charge is 2.58. The Bertz CT molecular complexity index is 1710. The molecule has 1 saturated heterocycles. The van der Waals surface area contributed by atoms with Gasteiger partial charge in [-0.25, -0.2) is 18.2 Å². The van der Waals surface area contributed by atoms with Crippen LogP contribution >= 0.6 is 0 Å². The number of hydrogen-bond acceptors (Lipinski definition) is 6. The number of alkyl halides is 5. The molecule has 246 valence electrons. The number of hydrogen-bond donors (Lipinski definition) is 3. The summed E-state index contributed by atoms with van der Waals surface area (Å²) in [4.78, 5) is 32.0. The maximum absolute atomic E-state index is 14.8. The quantitative estimate of drug-likeness (QED) is 0.247. The lowest BCUT2D eigenvalue weighted by Crippen LogP contribution is -2.48. The summed E-state index contributed by atoms with van der Waals surface area (Å²) in [5.41, 5.74) is 0.181. The number of likely N-dealkylation sites (tertiary alicyclic amines) is 1. The first-order valence-corrected chi connectivity index (χ1v) is 14.5. The monoisotopic (exact) mass is 650 g/mol. The zero-order valence-electron chi connectivity index (χ0n) is 25.2. The molecule has 5 rings (SSSR count). The molecule has 0 spiro atoms. The first-order valence-electron chi connectivity index (χ1n) is 14.5. The van der Waals surface area contributed by atoms with Crippen molar-refractivity contribution in [3.05, 3.63) is 53.1 Å². The molecule has 2 amide bonds. The minimum Gasteiger partial charge on any atom is -0.495 e. The number of carbonyl (C=O) groups excluding carboxylic acids is 2. The Labute approximate surface area is 260 Å². The molecule has 0 bridgehead atoms. The number of nitrogens with zero attached hydrogens (tertiary/aromatic N) is 3. The van der Waals surface area contributed by atoms with Crippen molar-refractivity contribution in [2.24, 2.45) is 5.92 Å². The van der Waals surface area contributed by atoms with Crippen molar-refractivity contribution in [1.82, 2.24) is 25.1 Å². The maximum atomic E-state index is 14.8. The fourth-order valence-corrected chi connectivity index (χ4v) is 5.47. The highest BCUT2D eigenvalue weighted by atomic mass is 19.4. The number of fused-ring (bicyclic) bond motifs is 1. The Kier molecular flexibility index (Phi) is 9.12. The summed E-state index contributed by atoms with van der Waals surface area (Å²) in [6.07, 6.45) is -3.30. The number of halogens is 6. The zero-order chi connectivity index (χ0) is 33.4. The van der Waals surface area contributed by atoms with Crippen molar-refractivity contribution < 1.29 is 40.7 Å². The topological polar surface area (TPSA) is 101 Å². The van der Waals surface area contributed by atoms with E-state index in [9.17, 15) is 35.9 Å². The number of piperidine rings is 1. The van der Waals surface area contributed by atoms with Gasteiger partial charge in [0.15, 0.2) is 0 Å². The van der Waals surface area contributed by atoms with Crippen LogP contribution in [0.1, 0.15) is 46.0 Å². The van der Waals surface area contributed by atoms with Crippen LogP contribution in [-0.2, 0) is 6.54 Å². The Balaban J connectivity index is 1.36. The first kappa shape index (κ1) is 32.9. The molecule has 3 aromatic rings. The molecule has 1 aliphatic carbocycles. The summed E-state index contributed by atoms with van der Waals surface area (Å²) in [5, 5.41) is 7.93. The van der Waals surface area contributed by atoms with Gasteiger partial charge in [-0.3, -0.25) is 9.59 Å². The molecule has 1 saturated carbocycles. The van der Waals surface area contributed by atoms with Crippen molar-refractivity contribution in [2.45, 2.75) is 50.5 Å².